The van der Waals surface area contributed by atoms with Gasteiger partial charge in [-0.05, 0) is 37.3 Å². The summed E-state index contributed by atoms with van der Waals surface area (Å²) in [6.07, 6.45) is 1.63. The third-order valence-corrected chi connectivity index (χ3v) is 3.82. The summed E-state index contributed by atoms with van der Waals surface area (Å²) >= 11 is 5.99. The topological polar surface area (TPSA) is 61.6 Å². The maximum Gasteiger partial charge on any atom is 0.232 e. The quantitative estimate of drug-likeness (QED) is 0.594. The van der Waals surface area contributed by atoms with Crippen molar-refractivity contribution in [2.45, 2.75) is 13.5 Å². The number of rotatable bonds is 6. The molecule has 6 heteroatoms. The van der Waals surface area contributed by atoms with E-state index in [2.05, 4.69) is 4.98 Å². The van der Waals surface area contributed by atoms with E-state index in [-0.39, 0.29) is 12.4 Å². The second-order valence-electron chi connectivity index (χ2n) is 5.34. The number of ether oxygens (including phenoxy) is 2. The van der Waals surface area contributed by atoms with Gasteiger partial charge in [0.25, 0.3) is 0 Å². The number of halogens is 1. The summed E-state index contributed by atoms with van der Waals surface area (Å²) in [5, 5.41) is 0.627. The molecule has 0 radical (unpaired) electrons. The second-order valence-corrected chi connectivity index (χ2v) is 5.78. The Balaban J connectivity index is 1.73. The lowest BCUT2D eigenvalue weighted by molar-refractivity contribution is 0.101. The van der Waals surface area contributed by atoms with Gasteiger partial charge in [0.1, 0.15) is 0 Å². The monoisotopic (exact) mass is 357 g/mol. The zero-order valence-electron chi connectivity index (χ0n) is 13.8. The van der Waals surface area contributed by atoms with E-state index in [0.29, 0.717) is 33.7 Å². The van der Waals surface area contributed by atoms with E-state index in [1.165, 1.54) is 14.0 Å². The Labute approximate surface area is 150 Å². The van der Waals surface area contributed by atoms with Crippen molar-refractivity contribution in [3.63, 3.8) is 0 Å². The van der Waals surface area contributed by atoms with Gasteiger partial charge in [0.05, 0.1) is 13.3 Å². The molecule has 0 saturated heterocycles. The first-order chi connectivity index (χ1) is 12.1. The first-order valence-corrected chi connectivity index (χ1v) is 7.97. The summed E-state index contributed by atoms with van der Waals surface area (Å²) in [5.41, 5.74) is 1.40. The van der Waals surface area contributed by atoms with E-state index in [0.717, 1.165) is 5.56 Å². The highest BCUT2D eigenvalue weighted by atomic mass is 35.5. The van der Waals surface area contributed by atoms with Gasteiger partial charge in [-0.15, -0.1) is 0 Å². The minimum absolute atomic E-state index is 0.0382. The lowest BCUT2D eigenvalue weighted by atomic mass is 10.1. The molecule has 0 fully saturated rings. The van der Waals surface area contributed by atoms with E-state index in [1.54, 1.807) is 36.5 Å². The van der Waals surface area contributed by atoms with Crippen molar-refractivity contribution in [3.05, 3.63) is 65.1 Å². The molecule has 0 saturated carbocycles. The van der Waals surface area contributed by atoms with Crippen molar-refractivity contribution >= 4 is 17.4 Å². The molecule has 0 aliphatic carbocycles. The van der Waals surface area contributed by atoms with Crippen molar-refractivity contribution in [1.82, 2.24) is 4.98 Å². The van der Waals surface area contributed by atoms with E-state index >= 15 is 0 Å². The lowest BCUT2D eigenvalue weighted by Gasteiger charge is -2.10. The summed E-state index contributed by atoms with van der Waals surface area (Å²) in [4.78, 5) is 15.6. The van der Waals surface area contributed by atoms with Crippen LogP contribution in [-0.4, -0.2) is 17.9 Å². The number of nitrogens with zero attached hydrogens (tertiary/aromatic N) is 1. The maximum atomic E-state index is 11.4. The van der Waals surface area contributed by atoms with Gasteiger partial charge >= 0.3 is 0 Å². The van der Waals surface area contributed by atoms with Crippen molar-refractivity contribution in [3.8, 4) is 22.8 Å². The molecule has 3 rings (SSSR count). The molecule has 0 unspecified atom stereocenters. The number of hydrogen-bond acceptors (Lipinski definition) is 5. The number of carbonyl (C=O) groups excluding carboxylic acids is 1. The maximum absolute atomic E-state index is 11.4. The first-order valence-electron chi connectivity index (χ1n) is 7.59. The number of carbonyl (C=O) groups is 1. The Morgan fingerprint density at radius 1 is 1.20 bits per heavy atom. The van der Waals surface area contributed by atoms with Gasteiger partial charge in [0.2, 0.25) is 5.89 Å². The fourth-order valence-electron chi connectivity index (χ4n) is 2.30. The molecular formula is C19H16ClNO4. The molecule has 0 spiro atoms. The van der Waals surface area contributed by atoms with Crippen LogP contribution in [0.4, 0.5) is 0 Å². The van der Waals surface area contributed by atoms with Gasteiger partial charge in [-0.25, -0.2) is 4.98 Å². The largest absolute Gasteiger partial charge is 0.493 e. The van der Waals surface area contributed by atoms with Gasteiger partial charge in [-0.1, -0.05) is 23.7 Å². The summed E-state index contributed by atoms with van der Waals surface area (Å²) in [7, 11) is 1.52. The summed E-state index contributed by atoms with van der Waals surface area (Å²) < 4.78 is 16.7. The molecule has 1 heterocycles. The number of Topliss-reactive ketones (excluding diaryl/α,β-unsaturated/α-hetero) is 1. The SMILES string of the molecule is COc1cc(C(C)=O)ccc1OCc1ncc(-c2cccc(Cl)c2)o1. The van der Waals surface area contributed by atoms with Crippen LogP contribution in [0.15, 0.2) is 53.1 Å². The predicted octanol–water partition coefficient (Wildman–Crippen LogP) is 4.79. The van der Waals surface area contributed by atoms with E-state index in [1.807, 2.05) is 12.1 Å². The van der Waals surface area contributed by atoms with Crippen LogP contribution in [0, 0.1) is 0 Å². The van der Waals surface area contributed by atoms with Crippen LogP contribution in [0.1, 0.15) is 23.2 Å². The van der Waals surface area contributed by atoms with E-state index < -0.39 is 0 Å². The molecule has 0 amide bonds. The van der Waals surface area contributed by atoms with Crippen LogP contribution < -0.4 is 9.47 Å². The highest BCUT2D eigenvalue weighted by Gasteiger charge is 2.11. The third kappa shape index (κ3) is 4.00. The molecule has 25 heavy (non-hydrogen) atoms. The van der Waals surface area contributed by atoms with Gasteiger partial charge in [-0.3, -0.25) is 4.79 Å². The van der Waals surface area contributed by atoms with E-state index in [9.17, 15) is 4.79 Å². The van der Waals surface area contributed by atoms with Gasteiger partial charge in [-0.2, -0.15) is 0 Å². The Morgan fingerprint density at radius 3 is 2.76 bits per heavy atom. The van der Waals surface area contributed by atoms with Gasteiger partial charge in [0, 0.05) is 16.1 Å². The number of oxazole rings is 1. The molecule has 5 nitrogen and oxygen atoms in total. The smallest absolute Gasteiger partial charge is 0.232 e. The first kappa shape index (κ1) is 17.0. The standard InChI is InChI=1S/C19H16ClNO4/c1-12(22)13-6-7-16(17(9-13)23-2)24-11-19-21-10-18(25-19)14-4-3-5-15(20)8-14/h3-10H,11H2,1-2H3. The van der Waals surface area contributed by atoms with Crippen LogP contribution in [0.2, 0.25) is 5.02 Å². The van der Waals surface area contributed by atoms with Crippen molar-refractivity contribution in [2.24, 2.45) is 0 Å². The Bertz CT molecular complexity index is 904. The molecule has 0 N–H and O–H groups in total. The minimum Gasteiger partial charge on any atom is -0.493 e. The summed E-state index contributed by atoms with van der Waals surface area (Å²) in [6.45, 7) is 1.63. The van der Waals surface area contributed by atoms with Crippen molar-refractivity contribution < 1.29 is 18.7 Å². The van der Waals surface area contributed by atoms with Crippen LogP contribution in [0.5, 0.6) is 11.5 Å². The molecule has 0 aliphatic heterocycles. The minimum atomic E-state index is -0.0382. The van der Waals surface area contributed by atoms with Crippen molar-refractivity contribution in [1.29, 1.82) is 0 Å². The molecule has 0 aliphatic rings. The fraction of sp³-hybridized carbons (Fsp3) is 0.158. The number of methoxy groups -OCH3 is 1. The number of benzene rings is 2. The zero-order chi connectivity index (χ0) is 17.8. The average Bonchev–Trinajstić information content (AvgIpc) is 3.08. The summed E-state index contributed by atoms with van der Waals surface area (Å²) in [5.74, 6) is 1.99. The average molecular weight is 358 g/mol. The van der Waals surface area contributed by atoms with E-state index in [4.69, 9.17) is 25.5 Å². The molecule has 1 aromatic heterocycles. The normalized spacial score (nSPS) is 10.5. The molecule has 2 aromatic carbocycles. The number of aromatic nitrogens is 1. The fourth-order valence-corrected chi connectivity index (χ4v) is 2.49. The number of hydrogen-bond donors (Lipinski definition) is 0. The molecule has 0 bridgehead atoms. The van der Waals surface area contributed by atoms with Crippen LogP contribution in [-0.2, 0) is 6.61 Å². The third-order valence-electron chi connectivity index (χ3n) is 3.58. The second kappa shape index (κ2) is 7.40. The zero-order valence-corrected chi connectivity index (χ0v) is 14.5. The predicted molar refractivity (Wildman–Crippen MR) is 94.3 cm³/mol. The Morgan fingerprint density at radius 2 is 2.04 bits per heavy atom. The molecule has 3 aromatic rings. The van der Waals surface area contributed by atoms with Gasteiger partial charge < -0.3 is 13.9 Å². The molecule has 0 atom stereocenters. The Kier molecular flexibility index (Phi) is 5.05. The molecule has 128 valence electrons. The highest BCUT2D eigenvalue weighted by Crippen LogP contribution is 2.29. The van der Waals surface area contributed by atoms with Gasteiger partial charge in [0.15, 0.2) is 29.6 Å². The number of ketones is 1. The lowest BCUT2D eigenvalue weighted by Crippen LogP contribution is -2.00. The Hall–Kier alpha value is -2.79. The van der Waals surface area contributed by atoms with Crippen LogP contribution in [0.25, 0.3) is 11.3 Å². The molecular weight excluding hydrogens is 342 g/mol. The van der Waals surface area contributed by atoms with Crippen molar-refractivity contribution in [2.75, 3.05) is 7.11 Å². The van der Waals surface area contributed by atoms with Crippen LogP contribution in [0.3, 0.4) is 0 Å². The van der Waals surface area contributed by atoms with Crippen LogP contribution >= 0.6 is 11.6 Å². The summed E-state index contributed by atoms with van der Waals surface area (Å²) in [6, 6.07) is 12.4. The highest BCUT2D eigenvalue weighted by molar-refractivity contribution is 6.30.